The predicted octanol–water partition coefficient (Wildman–Crippen LogP) is 2.89. The molecule has 17 heavy (non-hydrogen) atoms. The molecule has 0 spiro atoms. The van der Waals surface area contributed by atoms with E-state index < -0.39 is 0 Å². The van der Waals surface area contributed by atoms with Gasteiger partial charge in [0.25, 0.3) is 0 Å². The van der Waals surface area contributed by atoms with Gasteiger partial charge >= 0.3 is 0 Å². The highest BCUT2D eigenvalue weighted by Crippen LogP contribution is 2.68. The molecule has 0 unspecified atom stereocenters. The summed E-state index contributed by atoms with van der Waals surface area (Å²) in [6.07, 6.45) is 5.69. The van der Waals surface area contributed by atoms with Crippen LogP contribution in [-0.2, 0) is 4.79 Å². The third-order valence-corrected chi connectivity index (χ3v) is 5.69. The fraction of sp³-hybridized carbons (Fsp3) is 0.438. The fourth-order valence-corrected chi connectivity index (χ4v) is 5.25. The van der Waals surface area contributed by atoms with Crippen LogP contribution in [0.1, 0.15) is 29.4 Å². The van der Waals surface area contributed by atoms with Crippen molar-refractivity contribution >= 4 is 5.78 Å². The Morgan fingerprint density at radius 1 is 0.882 bits per heavy atom. The number of hydrogen-bond donors (Lipinski definition) is 0. The number of carbonyl (C=O) groups excluding carboxylic acids is 1. The summed E-state index contributed by atoms with van der Waals surface area (Å²) >= 11 is 0. The minimum absolute atomic E-state index is 0.258. The van der Waals surface area contributed by atoms with Gasteiger partial charge in [-0.1, -0.05) is 36.4 Å². The third kappa shape index (κ3) is 0.782. The van der Waals surface area contributed by atoms with E-state index >= 15 is 0 Å². The normalized spacial score (nSPS) is 47.6. The number of hydrogen-bond acceptors (Lipinski definition) is 1. The molecule has 0 N–H and O–H groups in total. The van der Waals surface area contributed by atoms with Gasteiger partial charge in [-0.2, -0.15) is 0 Å². The monoisotopic (exact) mass is 222 g/mol. The van der Waals surface area contributed by atoms with Gasteiger partial charge in [0.1, 0.15) is 5.78 Å². The number of rotatable bonds is 0. The van der Waals surface area contributed by atoms with Crippen LogP contribution in [0.2, 0.25) is 0 Å². The van der Waals surface area contributed by atoms with Crippen LogP contribution in [0.3, 0.4) is 0 Å². The summed E-state index contributed by atoms with van der Waals surface area (Å²) in [4.78, 5) is 12.2. The molecule has 5 rings (SSSR count). The lowest BCUT2D eigenvalue weighted by molar-refractivity contribution is -0.121. The first-order valence-corrected chi connectivity index (χ1v) is 6.67. The van der Waals surface area contributed by atoms with E-state index in [9.17, 15) is 4.79 Å². The number of ketones is 1. The molecule has 0 radical (unpaired) electrons. The standard InChI is InChI=1S/C16H14O/c17-16-10-5-6-11(16)15-13-7-12(14(10)15)8-3-1-2-4-9(8)13/h1-6,10-15H,7H2/t10-,11-,12+,13+,14+,15+/m0/s1. The van der Waals surface area contributed by atoms with E-state index in [2.05, 4.69) is 36.4 Å². The average molecular weight is 222 g/mol. The Morgan fingerprint density at radius 2 is 1.41 bits per heavy atom. The lowest BCUT2D eigenvalue weighted by Crippen LogP contribution is -2.25. The van der Waals surface area contributed by atoms with Crippen LogP contribution in [0, 0.1) is 23.7 Å². The summed E-state index contributed by atoms with van der Waals surface area (Å²) in [6, 6.07) is 8.88. The molecular weight excluding hydrogens is 208 g/mol. The van der Waals surface area contributed by atoms with Gasteiger partial charge in [0, 0.05) is 11.8 Å². The lowest BCUT2D eigenvalue weighted by Gasteiger charge is -2.32. The molecule has 6 atom stereocenters. The van der Waals surface area contributed by atoms with Crippen molar-refractivity contribution in [3.05, 3.63) is 47.5 Å². The van der Waals surface area contributed by atoms with Crippen molar-refractivity contribution in [2.45, 2.75) is 18.3 Å². The Morgan fingerprint density at radius 3 is 1.94 bits per heavy atom. The van der Waals surface area contributed by atoms with Crippen LogP contribution in [0.5, 0.6) is 0 Å². The number of Topliss-reactive ketones (excluding diaryl/α,β-unsaturated/α-hetero) is 1. The van der Waals surface area contributed by atoms with Crippen LogP contribution < -0.4 is 0 Å². The zero-order valence-corrected chi connectivity index (χ0v) is 9.54. The molecule has 0 saturated heterocycles. The molecule has 4 bridgehead atoms. The van der Waals surface area contributed by atoms with Crippen molar-refractivity contribution in [2.75, 3.05) is 0 Å². The van der Waals surface area contributed by atoms with Gasteiger partial charge in [-0.3, -0.25) is 4.79 Å². The van der Waals surface area contributed by atoms with E-state index in [0.717, 1.165) is 0 Å². The Bertz CT molecular complexity index is 524. The van der Waals surface area contributed by atoms with Crippen LogP contribution in [0.25, 0.3) is 0 Å². The van der Waals surface area contributed by atoms with Gasteiger partial charge in [0.15, 0.2) is 0 Å². The average Bonchev–Trinajstić information content (AvgIpc) is 3.07. The highest BCUT2D eigenvalue weighted by atomic mass is 16.1. The molecular formula is C16H14O. The van der Waals surface area contributed by atoms with Crippen LogP contribution in [0.4, 0.5) is 0 Å². The maximum Gasteiger partial charge on any atom is 0.147 e. The second kappa shape index (κ2) is 2.55. The molecule has 0 heterocycles. The Kier molecular flexibility index (Phi) is 1.30. The van der Waals surface area contributed by atoms with Crippen LogP contribution >= 0.6 is 0 Å². The summed E-state index contributed by atoms with van der Waals surface area (Å²) in [7, 11) is 0. The smallest absolute Gasteiger partial charge is 0.147 e. The second-order valence-corrected chi connectivity index (χ2v) is 6.07. The van der Waals surface area contributed by atoms with Crippen molar-refractivity contribution < 1.29 is 4.79 Å². The summed E-state index contributed by atoms with van der Waals surface area (Å²) < 4.78 is 0. The number of allylic oxidation sites excluding steroid dienone is 2. The Balaban J connectivity index is 1.73. The van der Waals surface area contributed by atoms with E-state index in [0.29, 0.717) is 29.5 Å². The van der Waals surface area contributed by atoms with Crippen molar-refractivity contribution in [3.63, 3.8) is 0 Å². The zero-order valence-electron chi connectivity index (χ0n) is 9.54. The maximum atomic E-state index is 12.2. The first-order chi connectivity index (χ1) is 8.36. The van der Waals surface area contributed by atoms with E-state index in [1.165, 1.54) is 6.42 Å². The first kappa shape index (κ1) is 8.68. The topological polar surface area (TPSA) is 17.1 Å². The van der Waals surface area contributed by atoms with Gasteiger partial charge in [-0.05, 0) is 41.2 Å². The minimum Gasteiger partial charge on any atom is -0.298 e. The molecule has 0 amide bonds. The van der Waals surface area contributed by atoms with Gasteiger partial charge in [0.05, 0.1) is 0 Å². The number of benzene rings is 1. The van der Waals surface area contributed by atoms with E-state index in [1.807, 2.05) is 0 Å². The molecule has 84 valence electrons. The van der Waals surface area contributed by atoms with Gasteiger partial charge in [-0.15, -0.1) is 0 Å². The van der Waals surface area contributed by atoms with Crippen molar-refractivity contribution in [1.82, 2.24) is 0 Å². The first-order valence-electron chi connectivity index (χ1n) is 6.67. The molecule has 1 aromatic rings. The van der Waals surface area contributed by atoms with Crippen molar-refractivity contribution in [2.24, 2.45) is 23.7 Å². The highest BCUT2D eigenvalue weighted by molar-refractivity contribution is 5.93. The zero-order chi connectivity index (χ0) is 11.1. The van der Waals surface area contributed by atoms with Crippen molar-refractivity contribution in [3.8, 4) is 0 Å². The maximum absolute atomic E-state index is 12.2. The minimum atomic E-state index is 0.258. The van der Waals surface area contributed by atoms with Gasteiger partial charge in [0.2, 0.25) is 0 Å². The van der Waals surface area contributed by atoms with E-state index in [1.54, 1.807) is 11.1 Å². The predicted molar refractivity (Wildman–Crippen MR) is 64.6 cm³/mol. The number of carbonyl (C=O) groups is 1. The third-order valence-electron chi connectivity index (χ3n) is 5.69. The van der Waals surface area contributed by atoms with E-state index in [-0.39, 0.29) is 11.8 Å². The van der Waals surface area contributed by atoms with Gasteiger partial charge in [-0.25, -0.2) is 0 Å². The molecule has 0 aromatic heterocycles. The van der Waals surface area contributed by atoms with Gasteiger partial charge < -0.3 is 0 Å². The summed E-state index contributed by atoms with van der Waals surface area (Å²) in [5.41, 5.74) is 3.10. The molecule has 4 aliphatic rings. The molecule has 1 aromatic carbocycles. The SMILES string of the molecule is O=C1[C@H]2C=C[C@H]1[C@H]1[C@H]2[C@@H]2C[C@@H]1c1ccccc12. The molecule has 1 nitrogen and oxygen atoms in total. The second-order valence-electron chi connectivity index (χ2n) is 6.07. The summed E-state index contributed by atoms with van der Waals surface area (Å²) in [5.74, 6) is 3.65. The largest absolute Gasteiger partial charge is 0.298 e. The summed E-state index contributed by atoms with van der Waals surface area (Å²) in [5, 5.41) is 0. The van der Waals surface area contributed by atoms with Crippen molar-refractivity contribution in [1.29, 1.82) is 0 Å². The molecule has 1 heteroatoms. The highest BCUT2D eigenvalue weighted by Gasteiger charge is 2.63. The molecule has 2 fully saturated rings. The quantitative estimate of drug-likeness (QED) is 0.487. The fourth-order valence-electron chi connectivity index (χ4n) is 5.25. The molecule has 0 aliphatic heterocycles. The van der Waals surface area contributed by atoms with Crippen LogP contribution in [0.15, 0.2) is 36.4 Å². The molecule has 2 saturated carbocycles. The molecule has 4 aliphatic carbocycles. The summed E-state index contributed by atoms with van der Waals surface area (Å²) in [6.45, 7) is 0. The Hall–Kier alpha value is -1.37. The number of fused-ring (bicyclic) bond motifs is 12. The van der Waals surface area contributed by atoms with Crippen LogP contribution in [-0.4, -0.2) is 5.78 Å². The lowest BCUT2D eigenvalue weighted by atomic mass is 9.71. The Labute approximate surface area is 101 Å². The van der Waals surface area contributed by atoms with E-state index in [4.69, 9.17) is 0 Å².